The number of fused-ring (bicyclic) bond motifs is 1. The summed E-state index contributed by atoms with van der Waals surface area (Å²) in [5, 5.41) is 2.87. The van der Waals surface area contributed by atoms with Crippen LogP contribution in [-0.2, 0) is 11.3 Å². The molecule has 0 bridgehead atoms. The van der Waals surface area contributed by atoms with Crippen LogP contribution in [0.4, 0.5) is 5.69 Å². The van der Waals surface area contributed by atoms with Crippen molar-refractivity contribution in [1.82, 2.24) is 9.27 Å². The first-order valence-corrected chi connectivity index (χ1v) is 11.7. The van der Waals surface area contributed by atoms with Gasteiger partial charge >= 0.3 is 0 Å². The fourth-order valence-electron chi connectivity index (χ4n) is 4.52. The number of carbonyl (C=O) groups excluding carboxylic acids is 1. The second kappa shape index (κ2) is 8.44. The van der Waals surface area contributed by atoms with Gasteiger partial charge in [0.2, 0.25) is 0 Å². The van der Waals surface area contributed by atoms with Gasteiger partial charge in [0.1, 0.15) is 5.75 Å². The van der Waals surface area contributed by atoms with E-state index in [0.29, 0.717) is 5.75 Å². The number of hydrogen-bond donors (Lipinski definition) is 1. The van der Waals surface area contributed by atoms with Crippen LogP contribution in [0.1, 0.15) is 35.3 Å². The number of likely N-dealkylation sites (tertiary alicyclic amines) is 1. The van der Waals surface area contributed by atoms with E-state index in [1.54, 1.807) is 0 Å². The quantitative estimate of drug-likeness (QED) is 0.598. The summed E-state index contributed by atoms with van der Waals surface area (Å²) in [7, 11) is 0. The second-order valence-electron chi connectivity index (χ2n) is 8.50. The first-order chi connectivity index (χ1) is 15.1. The van der Waals surface area contributed by atoms with Crippen LogP contribution in [0.5, 0.6) is 5.75 Å². The third-order valence-corrected chi connectivity index (χ3v) is 6.93. The van der Waals surface area contributed by atoms with E-state index >= 15 is 0 Å². The number of aryl methyl sites for hydroxylation is 2. The monoisotopic (exact) mass is 433 g/mol. The standard InChI is InChI=1S/C25H27N3O2S/c1-16-6-7-18(14-28-10-4-3-5-11-28)12-20(16)25-24(17(2)31-27-25)19-8-9-21-22(13-19)30-15-23(29)26-21/h6-9,12-13H,3-5,10-11,14-15H2,1-2H3,(H,26,29). The van der Waals surface area contributed by atoms with Crippen molar-refractivity contribution >= 4 is 23.1 Å². The van der Waals surface area contributed by atoms with E-state index in [2.05, 4.69) is 42.3 Å². The Morgan fingerprint density at radius 2 is 1.94 bits per heavy atom. The summed E-state index contributed by atoms with van der Waals surface area (Å²) in [4.78, 5) is 15.3. The van der Waals surface area contributed by atoms with Crippen molar-refractivity contribution in [2.24, 2.45) is 0 Å². The lowest BCUT2D eigenvalue weighted by molar-refractivity contribution is -0.118. The predicted molar refractivity (Wildman–Crippen MR) is 126 cm³/mol. The van der Waals surface area contributed by atoms with Gasteiger partial charge in [0.25, 0.3) is 5.91 Å². The van der Waals surface area contributed by atoms with E-state index in [-0.39, 0.29) is 12.5 Å². The fraction of sp³-hybridized carbons (Fsp3) is 0.360. The number of carbonyl (C=O) groups is 1. The van der Waals surface area contributed by atoms with Gasteiger partial charge < -0.3 is 10.1 Å². The molecule has 160 valence electrons. The molecule has 5 nitrogen and oxygen atoms in total. The molecular formula is C25H27N3O2S. The van der Waals surface area contributed by atoms with Gasteiger partial charge in [0.05, 0.1) is 11.4 Å². The summed E-state index contributed by atoms with van der Waals surface area (Å²) in [5.74, 6) is 0.597. The molecule has 0 atom stereocenters. The first-order valence-electron chi connectivity index (χ1n) is 10.9. The van der Waals surface area contributed by atoms with Crippen molar-refractivity contribution < 1.29 is 9.53 Å². The van der Waals surface area contributed by atoms with E-state index in [0.717, 1.165) is 29.1 Å². The van der Waals surface area contributed by atoms with E-state index in [1.807, 2.05) is 18.2 Å². The van der Waals surface area contributed by atoms with Gasteiger partial charge in [-0.1, -0.05) is 24.6 Å². The highest BCUT2D eigenvalue weighted by Gasteiger charge is 2.21. The number of aromatic nitrogens is 1. The van der Waals surface area contributed by atoms with Crippen LogP contribution in [0.25, 0.3) is 22.4 Å². The molecule has 1 amide bonds. The summed E-state index contributed by atoms with van der Waals surface area (Å²) in [6, 6.07) is 12.8. The molecule has 1 saturated heterocycles. The normalized spacial score (nSPS) is 16.5. The van der Waals surface area contributed by atoms with Crippen LogP contribution in [-0.4, -0.2) is 34.9 Å². The molecule has 0 unspecified atom stereocenters. The zero-order valence-corrected chi connectivity index (χ0v) is 18.8. The Hall–Kier alpha value is -2.70. The third kappa shape index (κ3) is 4.10. The number of ether oxygens (including phenoxy) is 1. The fourth-order valence-corrected chi connectivity index (χ4v) is 5.25. The van der Waals surface area contributed by atoms with E-state index in [1.165, 1.54) is 65.5 Å². The van der Waals surface area contributed by atoms with E-state index in [4.69, 9.17) is 9.11 Å². The van der Waals surface area contributed by atoms with Crippen LogP contribution in [0, 0.1) is 13.8 Å². The van der Waals surface area contributed by atoms with Crippen LogP contribution < -0.4 is 10.1 Å². The molecule has 0 saturated carbocycles. The molecule has 2 aliphatic heterocycles. The molecule has 31 heavy (non-hydrogen) atoms. The number of piperidine rings is 1. The second-order valence-corrected chi connectivity index (χ2v) is 9.47. The topological polar surface area (TPSA) is 54.5 Å². The molecule has 1 N–H and O–H groups in total. The molecular weight excluding hydrogens is 406 g/mol. The van der Waals surface area contributed by atoms with Gasteiger partial charge in [0, 0.05) is 22.5 Å². The zero-order chi connectivity index (χ0) is 21.4. The minimum Gasteiger partial charge on any atom is -0.482 e. The molecule has 3 aromatic rings. The van der Waals surface area contributed by atoms with Gasteiger partial charge in [-0.2, -0.15) is 4.37 Å². The molecule has 3 heterocycles. The molecule has 2 aliphatic rings. The summed E-state index contributed by atoms with van der Waals surface area (Å²) in [6.07, 6.45) is 3.95. The van der Waals surface area contributed by atoms with E-state index < -0.39 is 0 Å². The van der Waals surface area contributed by atoms with Crippen LogP contribution in [0.3, 0.4) is 0 Å². The maximum Gasteiger partial charge on any atom is 0.262 e. The Kier molecular flexibility index (Phi) is 5.50. The molecule has 5 rings (SSSR count). The summed E-state index contributed by atoms with van der Waals surface area (Å²) in [6.45, 7) is 7.71. The molecule has 0 spiro atoms. The van der Waals surface area contributed by atoms with Gasteiger partial charge in [-0.05, 0) is 86.2 Å². The van der Waals surface area contributed by atoms with Gasteiger partial charge in [0.15, 0.2) is 6.61 Å². The Balaban J connectivity index is 1.51. The molecule has 2 aromatic carbocycles. The minimum atomic E-state index is -0.115. The Labute approximate surface area is 187 Å². The average Bonchev–Trinajstić information content (AvgIpc) is 3.16. The maximum absolute atomic E-state index is 11.6. The van der Waals surface area contributed by atoms with Crippen molar-refractivity contribution in [3.8, 4) is 28.1 Å². The first kappa shape index (κ1) is 20.2. The highest BCUT2D eigenvalue weighted by atomic mass is 32.1. The van der Waals surface area contributed by atoms with Crippen LogP contribution in [0.2, 0.25) is 0 Å². The number of nitrogens with zero attached hydrogens (tertiary/aromatic N) is 2. The molecule has 6 heteroatoms. The number of benzene rings is 2. The van der Waals surface area contributed by atoms with Crippen LogP contribution in [0.15, 0.2) is 36.4 Å². The lowest BCUT2D eigenvalue weighted by atomic mass is 9.95. The number of anilines is 1. The van der Waals surface area contributed by atoms with E-state index in [9.17, 15) is 4.79 Å². The maximum atomic E-state index is 11.6. The SMILES string of the molecule is Cc1ccc(CN2CCCCC2)cc1-c1nsc(C)c1-c1ccc2c(c1)OCC(=O)N2. The smallest absolute Gasteiger partial charge is 0.262 e. The molecule has 0 radical (unpaired) electrons. The van der Waals surface area contributed by atoms with Gasteiger partial charge in [-0.3, -0.25) is 9.69 Å². The summed E-state index contributed by atoms with van der Waals surface area (Å²) >= 11 is 1.54. The van der Waals surface area contributed by atoms with Crippen molar-refractivity contribution in [1.29, 1.82) is 0 Å². The number of nitrogens with one attached hydrogen (secondary N) is 1. The Bertz CT molecular complexity index is 1130. The molecule has 1 aromatic heterocycles. The average molecular weight is 434 g/mol. The van der Waals surface area contributed by atoms with Crippen molar-refractivity contribution in [3.63, 3.8) is 0 Å². The van der Waals surface area contributed by atoms with Crippen molar-refractivity contribution in [3.05, 3.63) is 52.4 Å². The van der Waals surface area contributed by atoms with Crippen molar-refractivity contribution in [2.75, 3.05) is 25.0 Å². The Morgan fingerprint density at radius 3 is 2.77 bits per heavy atom. The van der Waals surface area contributed by atoms with Crippen LogP contribution >= 0.6 is 11.5 Å². The predicted octanol–water partition coefficient (Wildman–Crippen LogP) is 5.41. The minimum absolute atomic E-state index is 0.0574. The largest absolute Gasteiger partial charge is 0.482 e. The lowest BCUT2D eigenvalue weighted by Gasteiger charge is -2.26. The third-order valence-electron chi connectivity index (χ3n) is 6.18. The number of amides is 1. The lowest BCUT2D eigenvalue weighted by Crippen LogP contribution is -2.29. The zero-order valence-electron chi connectivity index (χ0n) is 18.0. The van der Waals surface area contributed by atoms with Gasteiger partial charge in [-0.25, -0.2) is 0 Å². The number of rotatable bonds is 4. The molecule has 1 fully saturated rings. The highest BCUT2D eigenvalue weighted by Crippen LogP contribution is 2.41. The molecule has 0 aliphatic carbocycles. The number of hydrogen-bond acceptors (Lipinski definition) is 5. The Morgan fingerprint density at radius 1 is 1.10 bits per heavy atom. The van der Waals surface area contributed by atoms with Crippen molar-refractivity contribution in [2.45, 2.75) is 39.7 Å². The van der Waals surface area contributed by atoms with Gasteiger partial charge in [-0.15, -0.1) is 0 Å². The summed E-state index contributed by atoms with van der Waals surface area (Å²) in [5.41, 5.74) is 7.73. The highest BCUT2D eigenvalue weighted by molar-refractivity contribution is 7.06. The summed E-state index contributed by atoms with van der Waals surface area (Å²) < 4.78 is 10.5.